The van der Waals surface area contributed by atoms with Gasteiger partial charge in [0.1, 0.15) is 0 Å². The van der Waals surface area contributed by atoms with E-state index in [1.54, 1.807) is 0 Å². The number of nitrogens with zero attached hydrogens (tertiary/aromatic N) is 1. The first-order chi connectivity index (χ1) is 15.6. The van der Waals surface area contributed by atoms with E-state index in [0.29, 0.717) is 6.61 Å². The zero-order chi connectivity index (χ0) is 22.5. The normalized spacial score (nSPS) is 16.3. The van der Waals surface area contributed by atoms with Crippen molar-refractivity contribution in [1.29, 1.82) is 0 Å². The third-order valence-corrected chi connectivity index (χ3v) is 5.47. The molecule has 0 fully saturated rings. The van der Waals surface area contributed by atoms with Crippen LogP contribution in [0.1, 0.15) is 43.5 Å². The fourth-order valence-electron chi connectivity index (χ4n) is 4.21. The third-order valence-electron chi connectivity index (χ3n) is 5.47. The summed E-state index contributed by atoms with van der Waals surface area (Å²) in [6.45, 7) is 6.02. The van der Waals surface area contributed by atoms with Gasteiger partial charge in [0.25, 0.3) is 0 Å². The molecule has 1 heterocycles. The van der Waals surface area contributed by atoms with Crippen molar-refractivity contribution in [3.8, 4) is 0 Å². The SMILES string of the molecule is CCOC(=O)C(OC(C)C)C1c2ccccc2C=C(c2ccccc2)N1c1ccccc1. The molecule has 3 aromatic carbocycles. The first-order valence-electron chi connectivity index (χ1n) is 11.1. The molecule has 0 aromatic heterocycles. The van der Waals surface area contributed by atoms with Crippen molar-refractivity contribution in [2.75, 3.05) is 11.5 Å². The molecule has 1 aliphatic heterocycles. The molecule has 3 aromatic rings. The molecule has 0 amide bonds. The van der Waals surface area contributed by atoms with Crippen LogP contribution < -0.4 is 4.90 Å². The molecule has 164 valence electrons. The van der Waals surface area contributed by atoms with E-state index in [2.05, 4.69) is 47.4 Å². The minimum atomic E-state index is -0.788. The first-order valence-corrected chi connectivity index (χ1v) is 11.1. The molecule has 4 rings (SSSR count). The van der Waals surface area contributed by atoms with Crippen LogP contribution in [0.2, 0.25) is 0 Å². The van der Waals surface area contributed by atoms with Crippen LogP contribution in [0.15, 0.2) is 84.9 Å². The third kappa shape index (κ3) is 4.46. The van der Waals surface area contributed by atoms with Gasteiger partial charge in [-0.2, -0.15) is 0 Å². The number of fused-ring (bicyclic) bond motifs is 1. The summed E-state index contributed by atoms with van der Waals surface area (Å²) in [7, 11) is 0. The summed E-state index contributed by atoms with van der Waals surface area (Å²) >= 11 is 0. The number of esters is 1. The van der Waals surface area contributed by atoms with Gasteiger partial charge in [-0.3, -0.25) is 0 Å². The molecule has 1 aliphatic rings. The summed E-state index contributed by atoms with van der Waals surface area (Å²) in [6, 6.07) is 28.2. The second kappa shape index (κ2) is 9.84. The van der Waals surface area contributed by atoms with Crippen LogP contribution >= 0.6 is 0 Å². The second-order valence-electron chi connectivity index (χ2n) is 8.03. The minimum Gasteiger partial charge on any atom is -0.464 e. The Morgan fingerprint density at radius 3 is 2.19 bits per heavy atom. The van der Waals surface area contributed by atoms with Gasteiger partial charge in [0.05, 0.1) is 18.8 Å². The zero-order valence-electron chi connectivity index (χ0n) is 18.8. The first kappa shape index (κ1) is 21.8. The maximum absolute atomic E-state index is 13.2. The van der Waals surface area contributed by atoms with Crippen LogP contribution in [0.25, 0.3) is 11.8 Å². The highest BCUT2D eigenvalue weighted by molar-refractivity contribution is 5.95. The van der Waals surface area contributed by atoms with Crippen molar-refractivity contribution < 1.29 is 14.3 Å². The Balaban J connectivity index is 1.96. The zero-order valence-corrected chi connectivity index (χ0v) is 18.8. The van der Waals surface area contributed by atoms with Gasteiger partial charge in [0.2, 0.25) is 0 Å². The number of anilines is 1. The predicted octanol–water partition coefficient (Wildman–Crippen LogP) is 6.10. The van der Waals surface area contributed by atoms with Crippen LogP contribution in [0.5, 0.6) is 0 Å². The van der Waals surface area contributed by atoms with Gasteiger partial charge in [-0.05, 0) is 55.7 Å². The van der Waals surface area contributed by atoms with Gasteiger partial charge in [-0.15, -0.1) is 0 Å². The van der Waals surface area contributed by atoms with Gasteiger partial charge >= 0.3 is 5.97 Å². The van der Waals surface area contributed by atoms with Crippen molar-refractivity contribution in [2.24, 2.45) is 0 Å². The number of hydrogen-bond donors (Lipinski definition) is 0. The van der Waals surface area contributed by atoms with Gasteiger partial charge in [0.15, 0.2) is 6.10 Å². The van der Waals surface area contributed by atoms with E-state index >= 15 is 0 Å². The summed E-state index contributed by atoms with van der Waals surface area (Å²) < 4.78 is 11.7. The number of carbonyl (C=O) groups is 1. The number of para-hydroxylation sites is 1. The van der Waals surface area contributed by atoms with Crippen LogP contribution in [0, 0.1) is 0 Å². The monoisotopic (exact) mass is 427 g/mol. The van der Waals surface area contributed by atoms with Crippen LogP contribution in [0.3, 0.4) is 0 Å². The average molecular weight is 428 g/mol. The van der Waals surface area contributed by atoms with E-state index in [1.165, 1.54) is 0 Å². The lowest BCUT2D eigenvalue weighted by Crippen LogP contribution is -2.45. The molecule has 4 heteroatoms. The highest BCUT2D eigenvalue weighted by atomic mass is 16.6. The number of hydrogen-bond acceptors (Lipinski definition) is 4. The lowest BCUT2D eigenvalue weighted by atomic mass is 9.88. The summed E-state index contributed by atoms with van der Waals surface area (Å²) in [5.41, 5.74) is 5.19. The Hall–Kier alpha value is -3.37. The number of benzene rings is 3. The quantitative estimate of drug-likeness (QED) is 0.427. The lowest BCUT2D eigenvalue weighted by molar-refractivity contribution is -0.161. The van der Waals surface area contributed by atoms with E-state index in [1.807, 2.05) is 69.3 Å². The molecule has 2 unspecified atom stereocenters. The molecule has 4 nitrogen and oxygen atoms in total. The van der Waals surface area contributed by atoms with E-state index in [0.717, 1.165) is 28.1 Å². The number of carbonyl (C=O) groups excluding carboxylic acids is 1. The molecule has 0 aliphatic carbocycles. The Kier molecular flexibility index (Phi) is 6.72. The van der Waals surface area contributed by atoms with Gasteiger partial charge in [-0.1, -0.05) is 72.8 Å². The number of ether oxygens (including phenoxy) is 2. The van der Waals surface area contributed by atoms with Crippen LogP contribution in [0.4, 0.5) is 5.69 Å². The summed E-state index contributed by atoms with van der Waals surface area (Å²) in [5, 5.41) is 0. The van der Waals surface area contributed by atoms with Gasteiger partial charge in [-0.25, -0.2) is 4.79 Å². The van der Waals surface area contributed by atoms with Crippen molar-refractivity contribution in [3.63, 3.8) is 0 Å². The van der Waals surface area contributed by atoms with Crippen molar-refractivity contribution >= 4 is 23.4 Å². The molecule has 0 saturated heterocycles. The Bertz CT molecular complexity index is 1080. The van der Waals surface area contributed by atoms with Crippen molar-refractivity contribution in [2.45, 2.75) is 39.0 Å². The van der Waals surface area contributed by atoms with Crippen molar-refractivity contribution in [3.05, 3.63) is 102 Å². The maximum Gasteiger partial charge on any atom is 0.337 e. The van der Waals surface area contributed by atoms with E-state index < -0.39 is 6.10 Å². The fourth-order valence-corrected chi connectivity index (χ4v) is 4.21. The summed E-state index contributed by atoms with van der Waals surface area (Å²) in [5.74, 6) is -0.351. The van der Waals surface area contributed by atoms with Gasteiger partial charge < -0.3 is 14.4 Å². The van der Waals surface area contributed by atoms with Crippen molar-refractivity contribution in [1.82, 2.24) is 0 Å². The number of rotatable bonds is 7. The maximum atomic E-state index is 13.2. The summed E-state index contributed by atoms with van der Waals surface area (Å²) in [4.78, 5) is 15.4. The molecule has 0 saturated carbocycles. The fraction of sp³-hybridized carbons (Fsp3) is 0.250. The Labute approximate surface area is 190 Å². The topological polar surface area (TPSA) is 38.8 Å². The highest BCUT2D eigenvalue weighted by Gasteiger charge is 2.41. The summed E-state index contributed by atoms with van der Waals surface area (Å²) in [6.07, 6.45) is 1.26. The van der Waals surface area contributed by atoms with Crippen LogP contribution in [-0.4, -0.2) is 24.8 Å². The molecular formula is C28H29NO3. The molecule has 2 atom stereocenters. The molecular weight excluding hydrogens is 398 g/mol. The lowest BCUT2D eigenvalue weighted by Gasteiger charge is -2.42. The molecule has 0 N–H and O–H groups in total. The van der Waals surface area contributed by atoms with Crippen LogP contribution in [-0.2, 0) is 14.3 Å². The largest absolute Gasteiger partial charge is 0.464 e. The van der Waals surface area contributed by atoms with E-state index in [-0.39, 0.29) is 18.1 Å². The van der Waals surface area contributed by atoms with E-state index in [9.17, 15) is 4.79 Å². The Morgan fingerprint density at radius 2 is 1.53 bits per heavy atom. The average Bonchev–Trinajstić information content (AvgIpc) is 2.82. The van der Waals surface area contributed by atoms with E-state index in [4.69, 9.17) is 9.47 Å². The molecule has 0 spiro atoms. The highest BCUT2D eigenvalue weighted by Crippen LogP contribution is 2.44. The Morgan fingerprint density at radius 1 is 0.906 bits per heavy atom. The smallest absolute Gasteiger partial charge is 0.337 e. The van der Waals surface area contributed by atoms with Gasteiger partial charge in [0, 0.05) is 11.4 Å². The standard InChI is InChI=1S/C28H29NO3/c1-4-31-28(30)27(32-20(2)3)26-24-18-12-11-15-22(24)19-25(21-13-7-5-8-14-21)29(26)23-16-9-6-10-17-23/h5-20,26-27H,4H2,1-3H3. The molecule has 32 heavy (non-hydrogen) atoms. The molecule has 0 bridgehead atoms. The minimum absolute atomic E-state index is 0.139. The predicted molar refractivity (Wildman–Crippen MR) is 129 cm³/mol. The second-order valence-corrected chi connectivity index (χ2v) is 8.03. The molecule has 0 radical (unpaired) electrons.